The average Bonchev–Trinajstić information content (AvgIpc) is 3.09. The van der Waals surface area contributed by atoms with E-state index in [1.807, 2.05) is 18.2 Å². The number of carbonyl (C=O) groups excluding carboxylic acids is 4. The number of carbonyl (C=O) groups is 4. The molecule has 0 unspecified atom stereocenters. The van der Waals surface area contributed by atoms with Crippen LogP contribution in [0.1, 0.15) is 39.8 Å². The van der Waals surface area contributed by atoms with Gasteiger partial charge in [-0.05, 0) is 44.2 Å². The van der Waals surface area contributed by atoms with E-state index in [1.165, 1.54) is 17.0 Å². The molecule has 8 nitrogen and oxygen atoms in total. The minimum atomic E-state index is -0.644. The second kappa shape index (κ2) is 9.25. The number of nitrogens with one attached hydrogen (secondary N) is 2. The summed E-state index contributed by atoms with van der Waals surface area (Å²) >= 11 is 0. The number of likely N-dealkylation sites (N-methyl/N-ethyl adjacent to an activating group) is 1. The van der Waals surface area contributed by atoms with Crippen LogP contribution in [0.2, 0.25) is 0 Å². The van der Waals surface area contributed by atoms with Crippen molar-refractivity contribution in [3.8, 4) is 0 Å². The van der Waals surface area contributed by atoms with Crippen LogP contribution in [0.4, 0.5) is 5.69 Å². The van der Waals surface area contributed by atoms with Crippen molar-refractivity contribution >= 4 is 40.1 Å². The third-order valence-corrected chi connectivity index (χ3v) is 5.05. The lowest BCUT2D eigenvalue weighted by Crippen LogP contribution is -2.38. The molecule has 0 radical (unpaired) electrons. The van der Waals surface area contributed by atoms with Crippen molar-refractivity contribution in [1.29, 1.82) is 0 Å². The number of nitrogens with two attached hydrogens (primary N) is 1. The lowest BCUT2D eigenvalue weighted by Gasteiger charge is -2.20. The molecule has 8 heteroatoms. The third-order valence-electron chi connectivity index (χ3n) is 5.05. The number of aryl methyl sites for hydroxylation is 1. The Kier molecular flexibility index (Phi) is 6.49. The maximum absolute atomic E-state index is 12.9. The molecule has 31 heavy (non-hydrogen) atoms. The second-order valence-electron chi connectivity index (χ2n) is 7.12. The fraction of sp³-hybridized carbons (Fsp3) is 0.217. The first-order chi connectivity index (χ1) is 14.8. The molecule has 0 bridgehead atoms. The van der Waals surface area contributed by atoms with Gasteiger partial charge in [-0.15, -0.1) is 0 Å². The number of aromatic nitrogens is 1. The molecule has 0 aliphatic carbocycles. The number of fused-ring (bicyclic) bond motifs is 1. The Bertz CT molecular complexity index is 1150. The lowest BCUT2D eigenvalue weighted by atomic mass is 10.1. The number of hydrogen-bond acceptors (Lipinski definition) is 4. The van der Waals surface area contributed by atoms with Crippen molar-refractivity contribution < 1.29 is 19.2 Å². The van der Waals surface area contributed by atoms with Crippen LogP contribution >= 0.6 is 0 Å². The van der Waals surface area contributed by atoms with E-state index in [4.69, 9.17) is 5.73 Å². The Morgan fingerprint density at radius 3 is 2.35 bits per heavy atom. The van der Waals surface area contributed by atoms with E-state index in [0.717, 1.165) is 5.52 Å². The van der Waals surface area contributed by atoms with Crippen molar-refractivity contribution in [2.75, 3.05) is 18.4 Å². The van der Waals surface area contributed by atoms with E-state index in [0.29, 0.717) is 34.4 Å². The topological polar surface area (TPSA) is 125 Å². The maximum Gasteiger partial charge on any atom is 0.295 e. The van der Waals surface area contributed by atoms with Crippen molar-refractivity contribution in [3.05, 3.63) is 65.4 Å². The van der Waals surface area contributed by atoms with Crippen molar-refractivity contribution in [2.45, 2.75) is 20.3 Å². The van der Waals surface area contributed by atoms with Crippen LogP contribution in [-0.2, 0) is 9.59 Å². The highest BCUT2D eigenvalue weighted by atomic mass is 16.2. The lowest BCUT2D eigenvalue weighted by molar-refractivity contribution is -0.126. The number of primary amides is 1. The Hall–Kier alpha value is -3.94. The Morgan fingerprint density at radius 2 is 1.71 bits per heavy atom. The zero-order chi connectivity index (χ0) is 22.5. The van der Waals surface area contributed by atoms with E-state index in [2.05, 4.69) is 10.3 Å². The first-order valence-electron chi connectivity index (χ1n) is 9.92. The maximum atomic E-state index is 12.9. The number of hydrogen-bond donors (Lipinski definition) is 3. The molecule has 0 aliphatic rings. The summed E-state index contributed by atoms with van der Waals surface area (Å²) in [4.78, 5) is 53.6. The summed E-state index contributed by atoms with van der Waals surface area (Å²) in [5.74, 6) is -2.10. The molecular weight excluding hydrogens is 396 g/mol. The largest absolute Gasteiger partial charge is 0.366 e. The van der Waals surface area contributed by atoms with Crippen LogP contribution in [-0.4, -0.2) is 46.5 Å². The summed E-state index contributed by atoms with van der Waals surface area (Å²) < 4.78 is 0. The number of anilines is 1. The Balaban J connectivity index is 1.64. The zero-order valence-corrected chi connectivity index (χ0v) is 17.4. The van der Waals surface area contributed by atoms with Crippen LogP contribution < -0.4 is 11.1 Å². The minimum absolute atomic E-state index is 0.0251. The van der Waals surface area contributed by atoms with Gasteiger partial charge in [0.2, 0.25) is 11.8 Å². The average molecular weight is 420 g/mol. The molecule has 0 aliphatic heterocycles. The number of amides is 3. The normalized spacial score (nSPS) is 10.6. The van der Waals surface area contributed by atoms with Gasteiger partial charge in [-0.1, -0.05) is 18.2 Å². The molecule has 0 fully saturated rings. The van der Waals surface area contributed by atoms with Crippen LogP contribution in [0.25, 0.3) is 10.9 Å². The summed E-state index contributed by atoms with van der Waals surface area (Å²) in [6.45, 7) is 3.92. The summed E-state index contributed by atoms with van der Waals surface area (Å²) in [6.07, 6.45) is 0.0251. The number of aromatic amines is 1. The first-order valence-corrected chi connectivity index (χ1v) is 9.92. The smallest absolute Gasteiger partial charge is 0.295 e. The molecular formula is C23H24N4O4. The van der Waals surface area contributed by atoms with E-state index < -0.39 is 17.6 Å². The van der Waals surface area contributed by atoms with Gasteiger partial charge in [-0.3, -0.25) is 19.2 Å². The minimum Gasteiger partial charge on any atom is -0.366 e. The van der Waals surface area contributed by atoms with Gasteiger partial charge in [0.1, 0.15) is 0 Å². The summed E-state index contributed by atoms with van der Waals surface area (Å²) in [7, 11) is 0. The van der Waals surface area contributed by atoms with Gasteiger partial charge in [0, 0.05) is 47.4 Å². The van der Waals surface area contributed by atoms with Gasteiger partial charge in [-0.25, -0.2) is 0 Å². The van der Waals surface area contributed by atoms with Gasteiger partial charge in [-0.2, -0.15) is 0 Å². The summed E-state index contributed by atoms with van der Waals surface area (Å²) in [6, 6.07) is 13.5. The predicted octanol–water partition coefficient (Wildman–Crippen LogP) is 2.64. The van der Waals surface area contributed by atoms with Crippen molar-refractivity contribution in [3.63, 3.8) is 0 Å². The Labute approximate surface area is 179 Å². The van der Waals surface area contributed by atoms with Gasteiger partial charge in [0.25, 0.3) is 11.7 Å². The van der Waals surface area contributed by atoms with E-state index >= 15 is 0 Å². The van der Waals surface area contributed by atoms with E-state index in [1.54, 1.807) is 32.0 Å². The molecule has 0 atom stereocenters. The van der Waals surface area contributed by atoms with Gasteiger partial charge in [0.15, 0.2) is 0 Å². The highest BCUT2D eigenvalue weighted by molar-refractivity contribution is 6.45. The number of ketones is 1. The molecule has 1 heterocycles. The van der Waals surface area contributed by atoms with Crippen molar-refractivity contribution in [2.24, 2.45) is 5.73 Å². The molecule has 0 saturated carbocycles. The number of nitrogens with zero attached hydrogens (tertiary/aromatic N) is 1. The first kappa shape index (κ1) is 21.8. The summed E-state index contributed by atoms with van der Waals surface area (Å²) in [5.41, 5.74) is 7.83. The molecule has 160 valence electrons. The fourth-order valence-electron chi connectivity index (χ4n) is 3.40. The highest BCUT2D eigenvalue weighted by Gasteiger charge is 2.26. The standard InChI is InChI=1S/C23H24N4O4/c1-3-27(13-12-19(28)26-16-10-8-15(9-11-16)22(24)30)23(31)21(29)20-14(2)25-18-7-5-4-6-17(18)20/h4-11,25H,3,12-13H2,1-2H3,(H2,24,30)(H,26,28). The molecule has 3 amide bonds. The number of rotatable bonds is 8. The number of para-hydroxylation sites is 1. The number of H-pyrrole nitrogens is 1. The third kappa shape index (κ3) is 4.80. The molecule has 0 saturated heterocycles. The van der Waals surface area contributed by atoms with Crippen LogP contribution in [0.15, 0.2) is 48.5 Å². The van der Waals surface area contributed by atoms with Crippen LogP contribution in [0.3, 0.4) is 0 Å². The van der Waals surface area contributed by atoms with E-state index in [9.17, 15) is 19.2 Å². The molecule has 3 aromatic rings. The zero-order valence-electron chi connectivity index (χ0n) is 17.4. The molecule has 1 aromatic heterocycles. The fourth-order valence-corrected chi connectivity index (χ4v) is 3.40. The van der Waals surface area contributed by atoms with Gasteiger partial charge in [0.05, 0.1) is 5.56 Å². The van der Waals surface area contributed by atoms with Crippen molar-refractivity contribution in [1.82, 2.24) is 9.88 Å². The Morgan fingerprint density at radius 1 is 1.03 bits per heavy atom. The molecule has 0 spiro atoms. The molecule has 2 aromatic carbocycles. The SMILES string of the molecule is CCN(CCC(=O)Nc1ccc(C(N)=O)cc1)C(=O)C(=O)c1c(C)[nH]c2ccccc12. The summed E-state index contributed by atoms with van der Waals surface area (Å²) in [5, 5.41) is 3.40. The van der Waals surface area contributed by atoms with Crippen LogP contribution in [0.5, 0.6) is 0 Å². The molecule has 3 rings (SSSR count). The van der Waals surface area contributed by atoms with Crippen LogP contribution in [0, 0.1) is 6.92 Å². The van der Waals surface area contributed by atoms with E-state index in [-0.39, 0.29) is 18.9 Å². The number of benzene rings is 2. The quantitative estimate of drug-likeness (QED) is 0.383. The van der Waals surface area contributed by atoms with Gasteiger partial charge >= 0.3 is 0 Å². The highest BCUT2D eigenvalue weighted by Crippen LogP contribution is 2.23. The molecule has 4 N–H and O–H groups in total. The monoisotopic (exact) mass is 420 g/mol. The predicted molar refractivity (Wildman–Crippen MR) is 118 cm³/mol. The van der Waals surface area contributed by atoms with Gasteiger partial charge < -0.3 is 20.9 Å². The number of Topliss-reactive ketones (excluding diaryl/α,β-unsaturated/α-hetero) is 1. The second-order valence-corrected chi connectivity index (χ2v) is 7.12.